The lowest BCUT2D eigenvalue weighted by Crippen LogP contribution is -2.59. The molecular weight excluding hydrogens is 492 g/mol. The van der Waals surface area contributed by atoms with E-state index in [1.165, 1.54) is 58.3 Å². The molecule has 4 heterocycles. The molecule has 0 spiro atoms. The highest BCUT2D eigenvalue weighted by molar-refractivity contribution is 5.75. The lowest BCUT2D eigenvalue weighted by Gasteiger charge is -2.56. The van der Waals surface area contributed by atoms with Crippen molar-refractivity contribution in [3.8, 4) is 5.82 Å². The van der Waals surface area contributed by atoms with Crippen molar-refractivity contribution in [3.05, 3.63) is 61.2 Å². The van der Waals surface area contributed by atoms with Gasteiger partial charge in [0.05, 0.1) is 11.0 Å². The minimum atomic E-state index is -0.749. The van der Waals surface area contributed by atoms with E-state index in [-0.39, 0.29) is 23.1 Å². The van der Waals surface area contributed by atoms with Crippen LogP contribution in [0.3, 0.4) is 0 Å². The standard InChI is InChI=1S/C30H38N6O3/c1-17-10-11-19-12-20(17)14-23(13-19)34-21-6-5-7-22(34)16-24(15-21)35-26-9-4-3-8-25(26)31-27(29(35)38)36-30(39)32-28(37)18(2)33-36/h3-4,8-9,17,19-24H,5-7,10-16H2,1-2H3,(H,32,37,39)/t17-,19-,20+,21-,22+,23+,24?/m0/s1. The summed E-state index contributed by atoms with van der Waals surface area (Å²) in [5.74, 6) is 2.53. The Kier molecular flexibility index (Phi) is 6.10. The molecule has 2 saturated carbocycles. The molecule has 0 amide bonds. The van der Waals surface area contributed by atoms with E-state index in [9.17, 15) is 14.4 Å². The topological polar surface area (TPSA) is 106 Å². The van der Waals surface area contributed by atoms with Crippen LogP contribution in [0, 0.1) is 24.7 Å². The number of aromatic amines is 1. The van der Waals surface area contributed by atoms with E-state index < -0.39 is 11.2 Å². The number of piperidine rings is 2. The van der Waals surface area contributed by atoms with Gasteiger partial charge in [0.15, 0.2) is 0 Å². The van der Waals surface area contributed by atoms with E-state index in [0.29, 0.717) is 23.6 Å². The minimum absolute atomic E-state index is 0.0253. The summed E-state index contributed by atoms with van der Waals surface area (Å²) in [4.78, 5) is 48.5. The monoisotopic (exact) mass is 530 g/mol. The maximum absolute atomic E-state index is 14.1. The Balaban J connectivity index is 1.28. The number of benzene rings is 1. The van der Waals surface area contributed by atoms with Crippen LogP contribution in [0.4, 0.5) is 0 Å². The van der Waals surface area contributed by atoms with Crippen LogP contribution in [0.25, 0.3) is 16.9 Å². The predicted molar refractivity (Wildman–Crippen MR) is 149 cm³/mol. The molecule has 9 heteroatoms. The van der Waals surface area contributed by atoms with E-state index in [1.54, 1.807) is 0 Å². The van der Waals surface area contributed by atoms with Gasteiger partial charge >= 0.3 is 5.69 Å². The first-order valence-electron chi connectivity index (χ1n) is 14.9. The van der Waals surface area contributed by atoms with Crippen molar-refractivity contribution in [2.45, 2.75) is 102 Å². The van der Waals surface area contributed by atoms with Gasteiger partial charge < -0.3 is 4.57 Å². The minimum Gasteiger partial charge on any atom is -0.300 e. The van der Waals surface area contributed by atoms with E-state index in [4.69, 9.17) is 0 Å². The molecule has 2 aliphatic heterocycles. The fourth-order valence-electron chi connectivity index (χ4n) is 8.59. The zero-order valence-electron chi connectivity index (χ0n) is 22.9. The Morgan fingerprint density at radius 1 is 0.872 bits per heavy atom. The number of rotatable bonds is 3. The largest absolute Gasteiger partial charge is 0.351 e. The Bertz CT molecular complexity index is 1580. The molecular formula is C30H38N6O3. The predicted octanol–water partition coefficient (Wildman–Crippen LogP) is 3.71. The molecule has 4 fully saturated rings. The number of nitrogens with one attached hydrogen (secondary N) is 1. The molecule has 1 aromatic carbocycles. The van der Waals surface area contributed by atoms with Gasteiger partial charge in [0.25, 0.3) is 11.1 Å². The smallest absolute Gasteiger partial charge is 0.300 e. The molecule has 4 aliphatic rings. The first kappa shape index (κ1) is 24.9. The summed E-state index contributed by atoms with van der Waals surface area (Å²) in [6.07, 6.45) is 12.3. The fraction of sp³-hybridized carbons (Fsp3) is 0.633. The highest BCUT2D eigenvalue weighted by Gasteiger charge is 2.46. The summed E-state index contributed by atoms with van der Waals surface area (Å²) in [6.45, 7) is 3.98. The number of nitrogens with zero attached hydrogens (tertiary/aromatic N) is 5. The van der Waals surface area contributed by atoms with Crippen molar-refractivity contribution >= 4 is 11.0 Å². The van der Waals surface area contributed by atoms with Gasteiger partial charge in [0, 0.05) is 24.2 Å². The Morgan fingerprint density at radius 2 is 1.64 bits per heavy atom. The lowest BCUT2D eigenvalue weighted by molar-refractivity contribution is -0.0551. The zero-order valence-corrected chi connectivity index (χ0v) is 22.9. The third-order valence-electron chi connectivity index (χ3n) is 10.4. The highest BCUT2D eigenvalue weighted by Crippen LogP contribution is 2.49. The quantitative estimate of drug-likeness (QED) is 0.553. The van der Waals surface area contributed by atoms with Crippen molar-refractivity contribution in [2.75, 3.05) is 0 Å². The van der Waals surface area contributed by atoms with Gasteiger partial charge in [-0.3, -0.25) is 19.5 Å². The van der Waals surface area contributed by atoms with Gasteiger partial charge in [0.2, 0.25) is 5.82 Å². The molecule has 2 saturated heterocycles. The normalized spacial score (nSPS) is 32.8. The van der Waals surface area contributed by atoms with E-state index in [1.807, 2.05) is 28.8 Å². The van der Waals surface area contributed by atoms with Gasteiger partial charge in [0.1, 0.15) is 5.69 Å². The first-order chi connectivity index (χ1) is 18.9. The third-order valence-corrected chi connectivity index (χ3v) is 10.4. The molecule has 4 bridgehead atoms. The molecule has 1 N–H and O–H groups in total. The molecule has 0 radical (unpaired) electrons. The van der Waals surface area contributed by atoms with Gasteiger partial charge in [-0.15, -0.1) is 0 Å². The molecule has 206 valence electrons. The summed E-state index contributed by atoms with van der Waals surface area (Å²) in [7, 11) is 0. The van der Waals surface area contributed by atoms with Gasteiger partial charge in [-0.05, 0) is 81.8 Å². The van der Waals surface area contributed by atoms with Crippen molar-refractivity contribution in [2.24, 2.45) is 17.8 Å². The van der Waals surface area contributed by atoms with Gasteiger partial charge in [-0.1, -0.05) is 38.3 Å². The molecule has 1 unspecified atom stereocenters. The molecule has 2 aromatic heterocycles. The number of aryl methyl sites for hydroxylation is 1. The lowest BCUT2D eigenvalue weighted by atomic mass is 9.64. The van der Waals surface area contributed by atoms with Crippen LogP contribution in [0.15, 0.2) is 38.6 Å². The van der Waals surface area contributed by atoms with Crippen molar-refractivity contribution < 1.29 is 0 Å². The average Bonchev–Trinajstić information content (AvgIpc) is 2.92. The van der Waals surface area contributed by atoms with Crippen LogP contribution in [-0.4, -0.2) is 47.3 Å². The number of H-pyrrole nitrogens is 1. The maximum atomic E-state index is 14.1. The third kappa shape index (κ3) is 4.20. The molecule has 3 aromatic rings. The number of para-hydroxylation sites is 2. The maximum Gasteiger partial charge on any atom is 0.351 e. The summed E-state index contributed by atoms with van der Waals surface area (Å²) in [6, 6.07) is 9.29. The van der Waals surface area contributed by atoms with Crippen molar-refractivity contribution in [3.63, 3.8) is 0 Å². The SMILES string of the molecule is Cc1nn(-c2nc3ccccc3n(C3C[C@H]4CCC[C@@H](C3)N4[C@@H]3C[C@H]4CC[C@H](C)[C@H](C4)C3)c2=O)c(=O)[nH]c1=O. The number of hydrogen-bond acceptors (Lipinski definition) is 6. The number of hydrogen-bond donors (Lipinski definition) is 1. The molecule has 2 aliphatic carbocycles. The Labute approximate surface area is 227 Å². The van der Waals surface area contributed by atoms with Crippen LogP contribution in [-0.2, 0) is 0 Å². The molecule has 7 rings (SSSR count). The Morgan fingerprint density at radius 3 is 2.44 bits per heavy atom. The molecule has 39 heavy (non-hydrogen) atoms. The highest BCUT2D eigenvalue weighted by atomic mass is 16.2. The van der Waals surface area contributed by atoms with Crippen LogP contribution in [0.2, 0.25) is 0 Å². The van der Waals surface area contributed by atoms with Crippen LogP contribution in [0.5, 0.6) is 0 Å². The van der Waals surface area contributed by atoms with E-state index in [2.05, 4.69) is 26.9 Å². The number of aromatic nitrogens is 5. The number of fused-ring (bicyclic) bond motifs is 5. The van der Waals surface area contributed by atoms with Crippen LogP contribution >= 0.6 is 0 Å². The summed E-state index contributed by atoms with van der Waals surface area (Å²) in [5.41, 5.74) is -0.0823. The van der Waals surface area contributed by atoms with Gasteiger partial charge in [-0.25, -0.2) is 9.78 Å². The first-order valence-corrected chi connectivity index (χ1v) is 14.9. The summed E-state index contributed by atoms with van der Waals surface area (Å²) >= 11 is 0. The molecule has 9 nitrogen and oxygen atoms in total. The van der Waals surface area contributed by atoms with Crippen molar-refractivity contribution in [1.29, 1.82) is 0 Å². The Hall–Kier alpha value is -3.07. The second-order valence-electron chi connectivity index (χ2n) is 12.7. The summed E-state index contributed by atoms with van der Waals surface area (Å²) < 4.78 is 2.84. The van der Waals surface area contributed by atoms with Crippen molar-refractivity contribution in [1.82, 2.24) is 29.2 Å². The summed E-state index contributed by atoms with van der Waals surface area (Å²) in [5, 5.41) is 4.14. The zero-order chi connectivity index (χ0) is 26.8. The van der Waals surface area contributed by atoms with Gasteiger partial charge in [-0.2, -0.15) is 9.78 Å². The second-order valence-corrected chi connectivity index (χ2v) is 12.7. The van der Waals surface area contributed by atoms with E-state index in [0.717, 1.165) is 40.8 Å². The molecule has 7 atom stereocenters. The van der Waals surface area contributed by atoms with Crippen LogP contribution < -0.4 is 16.8 Å². The van der Waals surface area contributed by atoms with E-state index >= 15 is 0 Å². The fourth-order valence-corrected chi connectivity index (χ4v) is 8.59. The average molecular weight is 531 g/mol. The second kappa shape index (κ2) is 9.54. The van der Waals surface area contributed by atoms with Crippen LogP contribution in [0.1, 0.15) is 82.9 Å².